The minimum Gasteiger partial charge on any atom is -0.493 e. The summed E-state index contributed by atoms with van der Waals surface area (Å²) in [5.41, 5.74) is 0.653. The minimum atomic E-state index is 0.0555. The summed E-state index contributed by atoms with van der Waals surface area (Å²) in [4.78, 5) is 17.2. The largest absolute Gasteiger partial charge is 0.493 e. The van der Waals surface area contributed by atoms with Gasteiger partial charge in [-0.05, 0) is 56.8 Å². The summed E-state index contributed by atoms with van der Waals surface area (Å²) in [6.07, 6.45) is 4.36. The minimum absolute atomic E-state index is 0.0555. The van der Waals surface area contributed by atoms with Crippen molar-refractivity contribution in [2.24, 2.45) is 5.92 Å². The van der Waals surface area contributed by atoms with E-state index >= 15 is 0 Å². The number of hydrogen-bond donors (Lipinski definition) is 0. The molecule has 6 heteroatoms. The number of piperidine rings is 2. The number of ether oxygens (including phenoxy) is 3. The van der Waals surface area contributed by atoms with E-state index in [2.05, 4.69) is 11.9 Å². The molecule has 1 unspecified atom stereocenters. The molecule has 0 N–H and O–H groups in total. The monoisotopic (exact) mass is 376 g/mol. The zero-order valence-corrected chi connectivity index (χ0v) is 16.8. The van der Waals surface area contributed by atoms with E-state index in [1.54, 1.807) is 14.2 Å². The Balaban J connectivity index is 1.67. The molecule has 2 saturated heterocycles. The second-order valence-corrected chi connectivity index (χ2v) is 7.70. The van der Waals surface area contributed by atoms with Crippen molar-refractivity contribution in [2.75, 3.05) is 54.1 Å². The number of likely N-dealkylation sites (tertiary alicyclic amines) is 2. The predicted octanol–water partition coefficient (Wildman–Crippen LogP) is 2.67. The normalized spacial score (nSPS) is 21.9. The number of benzene rings is 1. The molecule has 0 radical (unpaired) electrons. The first-order chi connectivity index (χ1) is 13.1. The van der Waals surface area contributed by atoms with Crippen molar-refractivity contribution in [2.45, 2.75) is 31.8 Å². The third-order valence-corrected chi connectivity index (χ3v) is 5.58. The van der Waals surface area contributed by atoms with Gasteiger partial charge < -0.3 is 24.0 Å². The lowest BCUT2D eigenvalue weighted by atomic mass is 9.98. The Morgan fingerprint density at radius 3 is 2.59 bits per heavy atom. The smallest absolute Gasteiger partial charge is 0.254 e. The predicted molar refractivity (Wildman–Crippen MR) is 105 cm³/mol. The van der Waals surface area contributed by atoms with Gasteiger partial charge in [-0.1, -0.05) is 0 Å². The zero-order chi connectivity index (χ0) is 19.2. The van der Waals surface area contributed by atoms with E-state index < -0.39 is 0 Å². The van der Waals surface area contributed by atoms with Crippen molar-refractivity contribution in [3.8, 4) is 11.5 Å². The number of amides is 1. The molecule has 150 valence electrons. The first-order valence-corrected chi connectivity index (χ1v) is 9.92. The van der Waals surface area contributed by atoms with E-state index in [1.165, 1.54) is 0 Å². The van der Waals surface area contributed by atoms with Crippen LogP contribution in [0.5, 0.6) is 11.5 Å². The summed E-state index contributed by atoms with van der Waals surface area (Å²) in [5.74, 6) is 1.83. The van der Waals surface area contributed by atoms with Gasteiger partial charge in [-0.25, -0.2) is 0 Å². The van der Waals surface area contributed by atoms with Crippen LogP contribution in [-0.2, 0) is 4.74 Å². The number of rotatable bonds is 6. The standard InChI is InChI=1S/C21H32N2O4/c1-22-11-8-18(9-12-22)27-19-7-6-17(13-20(19)26-3)21(24)23-10-4-5-16(14-23)15-25-2/h6-7,13,16,18H,4-5,8-12,14-15H2,1-3H3. The highest BCUT2D eigenvalue weighted by molar-refractivity contribution is 5.95. The molecular formula is C21H32N2O4. The van der Waals surface area contributed by atoms with Crippen LogP contribution in [-0.4, -0.2) is 75.9 Å². The molecule has 0 bridgehead atoms. The highest BCUT2D eigenvalue weighted by Gasteiger charge is 2.26. The van der Waals surface area contributed by atoms with Crippen molar-refractivity contribution in [1.29, 1.82) is 0 Å². The summed E-state index contributed by atoms with van der Waals surface area (Å²) in [6.45, 7) is 4.34. The van der Waals surface area contributed by atoms with Crippen molar-refractivity contribution in [3.05, 3.63) is 23.8 Å². The molecule has 0 spiro atoms. The molecule has 0 aromatic heterocycles. The van der Waals surface area contributed by atoms with Gasteiger partial charge in [0.1, 0.15) is 6.10 Å². The molecule has 1 atom stereocenters. The molecule has 1 aromatic carbocycles. The summed E-state index contributed by atoms with van der Waals surface area (Å²) >= 11 is 0. The van der Waals surface area contributed by atoms with Crippen LogP contribution in [0.25, 0.3) is 0 Å². The highest BCUT2D eigenvalue weighted by Crippen LogP contribution is 2.31. The Kier molecular flexibility index (Phi) is 6.96. The summed E-state index contributed by atoms with van der Waals surface area (Å²) in [7, 11) is 5.48. The van der Waals surface area contributed by atoms with Gasteiger partial charge in [0.2, 0.25) is 0 Å². The Hall–Kier alpha value is -1.79. The van der Waals surface area contributed by atoms with Crippen LogP contribution in [0.2, 0.25) is 0 Å². The summed E-state index contributed by atoms with van der Waals surface area (Å²) in [5, 5.41) is 0. The first-order valence-electron chi connectivity index (χ1n) is 9.92. The van der Waals surface area contributed by atoms with Crippen LogP contribution in [0.15, 0.2) is 18.2 Å². The molecule has 27 heavy (non-hydrogen) atoms. The SMILES string of the molecule is COCC1CCCN(C(=O)c2ccc(OC3CCN(C)CC3)c(OC)c2)C1. The molecule has 1 amide bonds. The average molecular weight is 376 g/mol. The van der Waals surface area contributed by atoms with Crippen LogP contribution in [0.4, 0.5) is 0 Å². The molecular weight excluding hydrogens is 344 g/mol. The highest BCUT2D eigenvalue weighted by atomic mass is 16.5. The van der Waals surface area contributed by atoms with Gasteiger partial charge in [-0.15, -0.1) is 0 Å². The van der Waals surface area contributed by atoms with E-state index in [1.807, 2.05) is 23.1 Å². The third-order valence-electron chi connectivity index (χ3n) is 5.58. The van der Waals surface area contributed by atoms with Crippen molar-refractivity contribution < 1.29 is 19.0 Å². The van der Waals surface area contributed by atoms with Crippen LogP contribution < -0.4 is 9.47 Å². The fraction of sp³-hybridized carbons (Fsp3) is 0.667. The van der Waals surface area contributed by atoms with Crippen molar-refractivity contribution in [1.82, 2.24) is 9.80 Å². The lowest BCUT2D eigenvalue weighted by Gasteiger charge is -2.32. The molecule has 2 fully saturated rings. The molecule has 3 rings (SSSR count). The second kappa shape index (κ2) is 9.42. The van der Waals surface area contributed by atoms with Crippen LogP contribution in [0, 0.1) is 5.92 Å². The van der Waals surface area contributed by atoms with Crippen LogP contribution in [0.1, 0.15) is 36.0 Å². The fourth-order valence-corrected chi connectivity index (χ4v) is 3.98. The Morgan fingerprint density at radius 1 is 1.11 bits per heavy atom. The third kappa shape index (κ3) is 5.14. The number of carbonyl (C=O) groups excluding carboxylic acids is 1. The van der Waals surface area contributed by atoms with Crippen molar-refractivity contribution in [3.63, 3.8) is 0 Å². The van der Waals surface area contributed by atoms with E-state index in [0.717, 1.165) is 57.6 Å². The molecule has 2 aliphatic rings. The van der Waals surface area contributed by atoms with Crippen LogP contribution in [0.3, 0.4) is 0 Å². The molecule has 2 heterocycles. The molecule has 2 aliphatic heterocycles. The summed E-state index contributed by atoms with van der Waals surface area (Å²) < 4.78 is 17.0. The Bertz CT molecular complexity index is 627. The fourth-order valence-electron chi connectivity index (χ4n) is 3.98. The number of hydrogen-bond acceptors (Lipinski definition) is 5. The van der Waals surface area contributed by atoms with Gasteiger partial charge in [0.25, 0.3) is 5.91 Å². The molecule has 6 nitrogen and oxygen atoms in total. The topological polar surface area (TPSA) is 51.2 Å². The average Bonchev–Trinajstić information content (AvgIpc) is 2.70. The van der Waals surface area contributed by atoms with Gasteiger partial charge in [0, 0.05) is 38.9 Å². The van der Waals surface area contributed by atoms with Crippen LogP contribution >= 0.6 is 0 Å². The van der Waals surface area contributed by atoms with Gasteiger partial charge in [-0.2, -0.15) is 0 Å². The number of nitrogens with zero attached hydrogens (tertiary/aromatic N) is 2. The Labute approximate surface area is 162 Å². The lowest BCUT2D eigenvalue weighted by Crippen LogP contribution is -2.41. The first kappa shape index (κ1) is 20.0. The lowest BCUT2D eigenvalue weighted by molar-refractivity contribution is 0.0570. The van der Waals surface area contributed by atoms with Gasteiger partial charge in [-0.3, -0.25) is 4.79 Å². The van der Waals surface area contributed by atoms with E-state index in [4.69, 9.17) is 14.2 Å². The molecule has 1 aromatic rings. The number of carbonyl (C=O) groups is 1. The van der Waals surface area contributed by atoms with Gasteiger partial charge in [0.05, 0.1) is 13.7 Å². The Morgan fingerprint density at radius 2 is 1.89 bits per heavy atom. The quantitative estimate of drug-likeness (QED) is 0.764. The maximum absolute atomic E-state index is 12.9. The molecule has 0 aliphatic carbocycles. The zero-order valence-electron chi connectivity index (χ0n) is 16.8. The van der Waals surface area contributed by atoms with Crippen molar-refractivity contribution >= 4 is 5.91 Å². The molecule has 0 saturated carbocycles. The second-order valence-electron chi connectivity index (χ2n) is 7.70. The maximum Gasteiger partial charge on any atom is 0.254 e. The van der Waals surface area contributed by atoms with E-state index in [9.17, 15) is 4.79 Å². The maximum atomic E-state index is 12.9. The van der Waals surface area contributed by atoms with Gasteiger partial charge in [0.15, 0.2) is 11.5 Å². The number of methoxy groups -OCH3 is 2. The van der Waals surface area contributed by atoms with Gasteiger partial charge >= 0.3 is 0 Å². The summed E-state index contributed by atoms with van der Waals surface area (Å²) in [6, 6.07) is 5.54. The van der Waals surface area contributed by atoms with E-state index in [-0.39, 0.29) is 12.0 Å². The van der Waals surface area contributed by atoms with E-state index in [0.29, 0.717) is 23.8 Å².